The maximum atomic E-state index is 13.4. The highest BCUT2D eigenvalue weighted by Crippen LogP contribution is 2.51. The summed E-state index contributed by atoms with van der Waals surface area (Å²) in [6.07, 6.45) is 7.34. The van der Waals surface area contributed by atoms with E-state index in [1.807, 2.05) is 24.3 Å². The minimum absolute atomic E-state index is 0.229. The fourth-order valence-corrected chi connectivity index (χ4v) is 6.46. The minimum Gasteiger partial charge on any atom is -0.341 e. The summed E-state index contributed by atoms with van der Waals surface area (Å²) in [5, 5.41) is 3.03. The fourth-order valence-electron chi connectivity index (χ4n) is 5.93. The lowest BCUT2D eigenvalue weighted by Crippen LogP contribution is -2.58. The first-order valence-corrected chi connectivity index (χ1v) is 13.1. The third-order valence-electron chi connectivity index (χ3n) is 7.50. The van der Waals surface area contributed by atoms with Crippen LogP contribution in [0.4, 0.5) is 5.69 Å². The van der Waals surface area contributed by atoms with Crippen LogP contribution < -0.4 is 5.32 Å². The molecule has 6 rings (SSSR count). The number of rotatable bonds is 2. The van der Waals surface area contributed by atoms with Crippen LogP contribution >= 0.6 is 22.6 Å². The van der Waals surface area contributed by atoms with Gasteiger partial charge in [-0.3, -0.25) is 4.79 Å². The lowest BCUT2D eigenvalue weighted by Gasteiger charge is -2.36. The zero-order valence-electron chi connectivity index (χ0n) is 18.1. The Morgan fingerprint density at radius 2 is 1.41 bits per heavy atom. The van der Waals surface area contributed by atoms with Crippen molar-refractivity contribution in [3.8, 4) is 0 Å². The molecule has 2 spiro atoms. The highest BCUT2D eigenvalue weighted by atomic mass is 127. The monoisotopic (exact) mass is 555 g/mol. The summed E-state index contributed by atoms with van der Waals surface area (Å²) in [4.78, 5) is 13.4. The number of anilines is 1. The molecule has 5 aliphatic rings. The van der Waals surface area contributed by atoms with Crippen LogP contribution in [-0.2, 0) is 28.5 Å². The number of carbonyl (C=O) groups is 1. The standard InChI is InChI=1S/C24H30INO6/c25-15-9-3-4-10-16(15)26-21(27)19-17-18(30-23(29-17)11-5-1-6-12-23)20-22(28-19)32-24(31-20)13-7-2-8-14-24/h3-4,9-10,17-20,22H,1-2,5-8,11-14H2,(H,26,27)/t17-,18-,19-,20+,22-/m0/s1. The van der Waals surface area contributed by atoms with Gasteiger partial charge in [0.15, 0.2) is 24.0 Å². The van der Waals surface area contributed by atoms with Crippen molar-refractivity contribution in [2.45, 2.75) is 106 Å². The second-order valence-corrected chi connectivity index (χ2v) is 10.9. The van der Waals surface area contributed by atoms with E-state index < -0.39 is 30.1 Å². The quantitative estimate of drug-likeness (QED) is 0.543. The lowest BCUT2D eigenvalue weighted by molar-refractivity contribution is -0.246. The van der Waals surface area contributed by atoms with Gasteiger partial charge in [0.2, 0.25) is 0 Å². The number of halogens is 1. The number of fused-ring (bicyclic) bond motifs is 3. The van der Waals surface area contributed by atoms with Crippen molar-refractivity contribution in [1.29, 1.82) is 0 Å². The maximum Gasteiger partial charge on any atom is 0.256 e. The van der Waals surface area contributed by atoms with E-state index in [4.69, 9.17) is 23.7 Å². The molecule has 3 aliphatic heterocycles. The molecule has 3 saturated heterocycles. The van der Waals surface area contributed by atoms with Crippen LogP contribution in [0.1, 0.15) is 64.2 Å². The normalized spacial score (nSPS) is 37.2. The summed E-state index contributed by atoms with van der Waals surface area (Å²) in [5.74, 6) is -1.49. The van der Waals surface area contributed by atoms with E-state index in [9.17, 15) is 4.79 Å². The number of benzene rings is 1. The molecular formula is C24H30INO6. The molecule has 0 aromatic heterocycles. The van der Waals surface area contributed by atoms with Crippen molar-refractivity contribution < 1.29 is 28.5 Å². The van der Waals surface area contributed by atoms with Crippen molar-refractivity contribution in [3.05, 3.63) is 27.8 Å². The maximum absolute atomic E-state index is 13.4. The Labute approximate surface area is 202 Å². The van der Waals surface area contributed by atoms with Gasteiger partial charge < -0.3 is 29.0 Å². The van der Waals surface area contributed by atoms with Crippen molar-refractivity contribution in [2.75, 3.05) is 5.32 Å². The number of carbonyl (C=O) groups excluding carboxylic acids is 1. The molecule has 0 radical (unpaired) electrons. The smallest absolute Gasteiger partial charge is 0.256 e. The van der Waals surface area contributed by atoms with Crippen LogP contribution in [-0.4, -0.2) is 48.2 Å². The van der Waals surface area contributed by atoms with Gasteiger partial charge in [-0.1, -0.05) is 25.0 Å². The van der Waals surface area contributed by atoms with E-state index in [1.54, 1.807) is 0 Å². The van der Waals surface area contributed by atoms with E-state index >= 15 is 0 Å². The molecule has 1 N–H and O–H groups in total. The average Bonchev–Trinajstić information content (AvgIpc) is 3.33. The van der Waals surface area contributed by atoms with Gasteiger partial charge in [-0.05, 0) is 60.4 Å². The molecule has 5 fully saturated rings. The van der Waals surface area contributed by atoms with Crippen LogP contribution in [0.5, 0.6) is 0 Å². The molecule has 174 valence electrons. The van der Waals surface area contributed by atoms with Crippen LogP contribution in [0.25, 0.3) is 0 Å². The molecule has 2 saturated carbocycles. The number of hydrogen-bond acceptors (Lipinski definition) is 6. The molecule has 5 atom stereocenters. The van der Waals surface area contributed by atoms with Crippen LogP contribution in [0.15, 0.2) is 24.3 Å². The third-order valence-corrected chi connectivity index (χ3v) is 8.44. The highest BCUT2D eigenvalue weighted by Gasteiger charge is 2.65. The second-order valence-electron chi connectivity index (χ2n) is 9.70. The second kappa shape index (κ2) is 8.46. The van der Waals surface area contributed by atoms with Crippen LogP contribution in [0.3, 0.4) is 0 Å². The van der Waals surface area contributed by atoms with Crippen molar-refractivity contribution in [1.82, 2.24) is 0 Å². The number of hydrogen-bond donors (Lipinski definition) is 1. The molecule has 7 nitrogen and oxygen atoms in total. The Hall–Kier alpha value is -0.780. The summed E-state index contributed by atoms with van der Waals surface area (Å²) in [6, 6.07) is 7.71. The SMILES string of the molecule is O=C(Nc1ccccc1I)[C@H]1O[C@H]2OC3(CCCCC3)O[C@@H]2[C@H]2OC3(CCCCC3)O[C@@H]21. The highest BCUT2D eigenvalue weighted by molar-refractivity contribution is 14.1. The van der Waals surface area contributed by atoms with Gasteiger partial charge in [0.05, 0.1) is 5.69 Å². The molecule has 0 bridgehead atoms. The largest absolute Gasteiger partial charge is 0.341 e. The molecular weight excluding hydrogens is 525 g/mol. The van der Waals surface area contributed by atoms with Gasteiger partial charge in [0.1, 0.15) is 18.3 Å². The zero-order chi connectivity index (χ0) is 21.8. The molecule has 1 amide bonds. The molecule has 32 heavy (non-hydrogen) atoms. The number of para-hydroxylation sites is 1. The summed E-state index contributed by atoms with van der Waals surface area (Å²) in [6.45, 7) is 0. The van der Waals surface area contributed by atoms with Gasteiger partial charge in [-0.15, -0.1) is 0 Å². The fraction of sp³-hybridized carbons (Fsp3) is 0.708. The predicted molar refractivity (Wildman–Crippen MR) is 124 cm³/mol. The van der Waals surface area contributed by atoms with Gasteiger partial charge in [-0.25, -0.2) is 0 Å². The predicted octanol–water partition coefficient (Wildman–Crippen LogP) is 4.47. The topological polar surface area (TPSA) is 75.3 Å². The molecule has 3 heterocycles. The first kappa shape index (κ1) is 21.7. The summed E-state index contributed by atoms with van der Waals surface area (Å²) in [7, 11) is 0. The van der Waals surface area contributed by atoms with Gasteiger partial charge >= 0.3 is 0 Å². The summed E-state index contributed by atoms with van der Waals surface area (Å²) in [5.41, 5.74) is 0.763. The van der Waals surface area contributed by atoms with Gasteiger partial charge in [0, 0.05) is 29.3 Å². The minimum atomic E-state index is -0.819. The Morgan fingerprint density at radius 1 is 0.812 bits per heavy atom. The molecule has 2 aliphatic carbocycles. The number of ether oxygens (including phenoxy) is 5. The molecule has 8 heteroatoms. The first-order valence-electron chi connectivity index (χ1n) is 12.0. The first-order chi connectivity index (χ1) is 15.6. The number of amides is 1. The van der Waals surface area contributed by atoms with E-state index in [0.717, 1.165) is 60.6 Å². The molecule has 1 aromatic rings. The molecule has 0 unspecified atom stereocenters. The van der Waals surface area contributed by atoms with E-state index in [1.165, 1.54) is 12.8 Å². The third kappa shape index (κ3) is 3.80. The van der Waals surface area contributed by atoms with Crippen molar-refractivity contribution in [2.24, 2.45) is 0 Å². The summed E-state index contributed by atoms with van der Waals surface area (Å²) < 4.78 is 33.3. The van der Waals surface area contributed by atoms with Crippen molar-refractivity contribution >= 4 is 34.2 Å². The van der Waals surface area contributed by atoms with Gasteiger partial charge in [-0.2, -0.15) is 0 Å². The van der Waals surface area contributed by atoms with Crippen LogP contribution in [0, 0.1) is 3.57 Å². The average molecular weight is 555 g/mol. The lowest BCUT2D eigenvalue weighted by atomic mass is 9.94. The Balaban J connectivity index is 1.28. The van der Waals surface area contributed by atoms with E-state index in [2.05, 4.69) is 27.9 Å². The van der Waals surface area contributed by atoms with Crippen LogP contribution in [0.2, 0.25) is 0 Å². The Kier molecular flexibility index (Phi) is 5.75. The Bertz CT molecular complexity index is 868. The Morgan fingerprint density at radius 3 is 2.09 bits per heavy atom. The number of nitrogens with one attached hydrogen (secondary N) is 1. The zero-order valence-corrected chi connectivity index (χ0v) is 20.3. The van der Waals surface area contributed by atoms with E-state index in [-0.39, 0.29) is 18.1 Å². The van der Waals surface area contributed by atoms with E-state index in [0.29, 0.717) is 0 Å². The summed E-state index contributed by atoms with van der Waals surface area (Å²) >= 11 is 2.22. The van der Waals surface area contributed by atoms with Gasteiger partial charge in [0.25, 0.3) is 5.91 Å². The van der Waals surface area contributed by atoms with Crippen molar-refractivity contribution in [3.63, 3.8) is 0 Å². The molecule has 1 aromatic carbocycles.